The Morgan fingerprint density at radius 2 is 2.35 bits per heavy atom. The van der Waals surface area contributed by atoms with Gasteiger partial charge in [-0.2, -0.15) is 0 Å². The van der Waals surface area contributed by atoms with Gasteiger partial charge in [0.25, 0.3) is 0 Å². The van der Waals surface area contributed by atoms with Gasteiger partial charge in [0, 0.05) is 13.1 Å². The first-order valence-electron chi connectivity index (χ1n) is 5.47. The highest BCUT2D eigenvalue weighted by Gasteiger charge is 2.27. The van der Waals surface area contributed by atoms with Crippen molar-refractivity contribution in [1.82, 2.24) is 19.3 Å². The molecule has 1 N–H and O–H groups in total. The average molecular weight is 260 g/mol. The van der Waals surface area contributed by atoms with E-state index in [2.05, 4.69) is 10.3 Å². The number of nitrogens with zero attached hydrogens (tertiary/aromatic N) is 4. The Bertz CT molecular complexity index is 484. The van der Waals surface area contributed by atoms with Gasteiger partial charge in [-0.25, -0.2) is 17.4 Å². The molecule has 1 saturated heterocycles. The SMILES string of the molecule is CS(=O)(=O)N1CCC[C@H](n2cc(CO)nn2)C1. The Morgan fingerprint density at radius 3 is 2.94 bits per heavy atom. The molecule has 0 amide bonds. The minimum atomic E-state index is -3.14. The fraction of sp³-hybridized carbons (Fsp3) is 0.778. The first kappa shape index (κ1) is 12.5. The first-order chi connectivity index (χ1) is 8.00. The minimum Gasteiger partial charge on any atom is -0.390 e. The third-order valence-electron chi connectivity index (χ3n) is 2.92. The van der Waals surface area contributed by atoms with Crippen LogP contribution in [0.5, 0.6) is 0 Å². The fourth-order valence-electron chi connectivity index (χ4n) is 2.00. The van der Waals surface area contributed by atoms with Crippen molar-refractivity contribution in [3.05, 3.63) is 11.9 Å². The lowest BCUT2D eigenvalue weighted by Gasteiger charge is -2.30. The molecule has 2 rings (SSSR count). The van der Waals surface area contributed by atoms with Crippen LogP contribution in [0.4, 0.5) is 0 Å². The Labute approximate surface area is 100 Å². The number of aliphatic hydroxyl groups excluding tert-OH is 1. The fourth-order valence-corrected chi connectivity index (χ4v) is 2.91. The van der Waals surface area contributed by atoms with Gasteiger partial charge < -0.3 is 5.11 Å². The molecule has 0 spiro atoms. The van der Waals surface area contributed by atoms with Crippen LogP contribution in [-0.4, -0.2) is 52.2 Å². The van der Waals surface area contributed by atoms with Gasteiger partial charge in [0.05, 0.1) is 25.1 Å². The van der Waals surface area contributed by atoms with Crippen LogP contribution >= 0.6 is 0 Å². The summed E-state index contributed by atoms with van der Waals surface area (Å²) in [5.74, 6) is 0. The number of aromatic nitrogens is 3. The van der Waals surface area contributed by atoms with Gasteiger partial charge in [-0.15, -0.1) is 5.10 Å². The quantitative estimate of drug-likeness (QED) is 0.781. The molecule has 7 nitrogen and oxygen atoms in total. The largest absolute Gasteiger partial charge is 0.390 e. The van der Waals surface area contributed by atoms with E-state index in [1.165, 1.54) is 10.6 Å². The monoisotopic (exact) mass is 260 g/mol. The summed E-state index contributed by atoms with van der Waals surface area (Å²) in [5, 5.41) is 16.6. The zero-order valence-corrected chi connectivity index (χ0v) is 10.5. The summed E-state index contributed by atoms with van der Waals surface area (Å²) in [6, 6.07) is 0.00581. The average Bonchev–Trinajstić information content (AvgIpc) is 2.76. The van der Waals surface area contributed by atoms with Crippen molar-refractivity contribution in [2.45, 2.75) is 25.5 Å². The molecular formula is C9H16N4O3S. The highest BCUT2D eigenvalue weighted by atomic mass is 32.2. The third kappa shape index (κ3) is 2.82. The summed E-state index contributed by atoms with van der Waals surface area (Å²) in [6.45, 7) is 0.840. The highest BCUT2D eigenvalue weighted by Crippen LogP contribution is 2.22. The number of hydrogen-bond donors (Lipinski definition) is 1. The number of hydrogen-bond acceptors (Lipinski definition) is 5. The van der Waals surface area contributed by atoms with E-state index in [9.17, 15) is 8.42 Å². The summed E-state index contributed by atoms with van der Waals surface area (Å²) in [4.78, 5) is 0. The van der Waals surface area contributed by atoms with Crippen molar-refractivity contribution in [2.24, 2.45) is 0 Å². The smallest absolute Gasteiger partial charge is 0.211 e. The second kappa shape index (κ2) is 4.71. The molecular weight excluding hydrogens is 244 g/mol. The van der Waals surface area contributed by atoms with Crippen molar-refractivity contribution in [2.75, 3.05) is 19.3 Å². The van der Waals surface area contributed by atoms with Crippen LogP contribution < -0.4 is 0 Å². The summed E-state index contributed by atoms with van der Waals surface area (Å²) >= 11 is 0. The lowest BCUT2D eigenvalue weighted by molar-refractivity contribution is 0.252. The predicted molar refractivity (Wildman–Crippen MR) is 60.6 cm³/mol. The Morgan fingerprint density at radius 1 is 1.59 bits per heavy atom. The van der Waals surface area contributed by atoms with E-state index in [1.807, 2.05) is 0 Å². The lowest BCUT2D eigenvalue weighted by Crippen LogP contribution is -2.40. The van der Waals surface area contributed by atoms with Gasteiger partial charge in [-0.1, -0.05) is 5.21 Å². The molecule has 0 aromatic carbocycles. The van der Waals surface area contributed by atoms with Crippen molar-refractivity contribution in [3.8, 4) is 0 Å². The summed E-state index contributed by atoms with van der Waals surface area (Å²) in [5.41, 5.74) is 0.501. The molecule has 8 heteroatoms. The van der Waals surface area contributed by atoms with Gasteiger partial charge in [0.1, 0.15) is 5.69 Å². The van der Waals surface area contributed by atoms with Crippen molar-refractivity contribution in [3.63, 3.8) is 0 Å². The van der Waals surface area contributed by atoms with E-state index in [4.69, 9.17) is 5.11 Å². The molecule has 17 heavy (non-hydrogen) atoms. The molecule has 1 aromatic rings. The van der Waals surface area contributed by atoms with Gasteiger partial charge >= 0.3 is 0 Å². The molecule has 0 radical (unpaired) electrons. The zero-order valence-electron chi connectivity index (χ0n) is 9.65. The van der Waals surface area contributed by atoms with E-state index in [-0.39, 0.29) is 12.6 Å². The molecule has 0 bridgehead atoms. The van der Waals surface area contributed by atoms with Crippen molar-refractivity contribution >= 4 is 10.0 Å². The van der Waals surface area contributed by atoms with Crippen LogP contribution in [0.25, 0.3) is 0 Å². The summed E-state index contributed by atoms with van der Waals surface area (Å²) in [7, 11) is -3.14. The molecule has 0 aliphatic carbocycles. The van der Waals surface area contributed by atoms with E-state index in [0.717, 1.165) is 12.8 Å². The van der Waals surface area contributed by atoms with Crippen LogP contribution in [0.1, 0.15) is 24.6 Å². The van der Waals surface area contributed by atoms with Crippen LogP contribution in [0.2, 0.25) is 0 Å². The first-order valence-corrected chi connectivity index (χ1v) is 7.32. The zero-order chi connectivity index (χ0) is 12.5. The van der Waals surface area contributed by atoms with Crippen LogP contribution in [-0.2, 0) is 16.6 Å². The maximum atomic E-state index is 11.5. The standard InChI is InChI=1S/C9H16N4O3S/c1-17(15,16)12-4-2-3-9(6-12)13-5-8(7-14)10-11-13/h5,9,14H,2-4,6-7H2,1H3/t9-/m0/s1. The maximum absolute atomic E-state index is 11.5. The molecule has 1 aliphatic rings. The Kier molecular flexibility index (Phi) is 3.45. The van der Waals surface area contributed by atoms with Crippen LogP contribution in [0, 0.1) is 0 Å². The lowest BCUT2D eigenvalue weighted by atomic mass is 10.1. The van der Waals surface area contributed by atoms with E-state index in [0.29, 0.717) is 18.8 Å². The van der Waals surface area contributed by atoms with Gasteiger partial charge in [-0.05, 0) is 12.8 Å². The number of piperidine rings is 1. The van der Waals surface area contributed by atoms with Crippen molar-refractivity contribution in [1.29, 1.82) is 0 Å². The van der Waals surface area contributed by atoms with Crippen molar-refractivity contribution < 1.29 is 13.5 Å². The van der Waals surface area contributed by atoms with Crippen LogP contribution in [0.3, 0.4) is 0 Å². The molecule has 0 unspecified atom stereocenters. The molecule has 2 heterocycles. The molecule has 1 aromatic heterocycles. The molecule has 1 atom stereocenters. The minimum absolute atomic E-state index is 0.00581. The third-order valence-corrected chi connectivity index (χ3v) is 4.19. The number of sulfonamides is 1. The van der Waals surface area contributed by atoms with Gasteiger partial charge in [0.2, 0.25) is 10.0 Å². The molecule has 1 aliphatic heterocycles. The number of aliphatic hydroxyl groups is 1. The molecule has 0 saturated carbocycles. The maximum Gasteiger partial charge on any atom is 0.211 e. The molecule has 96 valence electrons. The summed E-state index contributed by atoms with van der Waals surface area (Å²) < 4.78 is 26.0. The topological polar surface area (TPSA) is 88.3 Å². The van der Waals surface area contributed by atoms with E-state index in [1.54, 1.807) is 10.9 Å². The Balaban J connectivity index is 2.12. The second-order valence-corrected chi connectivity index (χ2v) is 6.25. The Hall–Kier alpha value is -0.990. The predicted octanol–water partition coefficient (Wildman–Crippen LogP) is -0.633. The normalized spacial score (nSPS) is 22.8. The van der Waals surface area contributed by atoms with Crippen LogP contribution in [0.15, 0.2) is 6.20 Å². The summed E-state index contributed by atoms with van der Waals surface area (Å²) in [6.07, 6.45) is 4.57. The highest BCUT2D eigenvalue weighted by molar-refractivity contribution is 7.88. The molecule has 1 fully saturated rings. The number of rotatable bonds is 3. The van der Waals surface area contributed by atoms with E-state index >= 15 is 0 Å². The van der Waals surface area contributed by atoms with Gasteiger partial charge in [0.15, 0.2) is 0 Å². The van der Waals surface area contributed by atoms with E-state index < -0.39 is 10.0 Å². The van der Waals surface area contributed by atoms with Gasteiger partial charge in [-0.3, -0.25) is 0 Å². The second-order valence-electron chi connectivity index (χ2n) is 4.27.